The Morgan fingerprint density at radius 1 is 0.848 bits per heavy atom. The van der Waals surface area contributed by atoms with Crippen LogP contribution in [0.2, 0.25) is 0 Å². The summed E-state index contributed by atoms with van der Waals surface area (Å²) in [5.41, 5.74) is -15.5. The van der Waals surface area contributed by atoms with Gasteiger partial charge < -0.3 is 10.2 Å². The highest BCUT2D eigenvalue weighted by atomic mass is 79.9. The zero-order valence-electron chi connectivity index (χ0n) is 22.2. The average molecular weight is 738 g/mol. The van der Waals surface area contributed by atoms with E-state index in [4.69, 9.17) is 5.26 Å². The van der Waals surface area contributed by atoms with E-state index in [9.17, 15) is 62.3 Å². The van der Waals surface area contributed by atoms with E-state index in [1.165, 1.54) is 23.5 Å². The van der Waals surface area contributed by atoms with Crippen LogP contribution in [0.15, 0.2) is 59.1 Å². The van der Waals surface area contributed by atoms with Crippen molar-refractivity contribution in [1.82, 2.24) is 0 Å². The highest BCUT2D eigenvalue weighted by Crippen LogP contribution is 2.59. The molecule has 0 aromatic heterocycles. The molecular formula is C27H13BrF13N3O2. The maximum atomic E-state index is 15.4. The molecule has 1 atom stereocenters. The van der Waals surface area contributed by atoms with Crippen LogP contribution in [0.4, 0.5) is 68.5 Å². The molecule has 46 heavy (non-hydrogen) atoms. The molecule has 1 N–H and O–H groups in total. The van der Waals surface area contributed by atoms with Crippen molar-refractivity contribution in [2.75, 3.05) is 17.3 Å². The number of rotatable bonds is 6. The smallest absolute Gasteiger partial charge is 0.320 e. The molecule has 3 rings (SSSR count). The van der Waals surface area contributed by atoms with E-state index in [1.54, 1.807) is 6.07 Å². The second-order valence-electron chi connectivity index (χ2n) is 9.26. The topological polar surface area (TPSA) is 73.2 Å². The molecule has 0 aliphatic heterocycles. The van der Waals surface area contributed by atoms with Crippen molar-refractivity contribution >= 4 is 39.1 Å². The van der Waals surface area contributed by atoms with Crippen LogP contribution in [-0.4, -0.2) is 37.1 Å². The Balaban J connectivity index is 2.12. The molecule has 0 aliphatic rings. The highest BCUT2D eigenvalue weighted by molar-refractivity contribution is 9.10. The summed E-state index contributed by atoms with van der Waals surface area (Å²) >= 11 is 2.24. The number of nitrogens with zero attached hydrogens (tertiary/aromatic N) is 2. The number of alkyl halides is 12. The van der Waals surface area contributed by atoms with Crippen molar-refractivity contribution in [3.63, 3.8) is 0 Å². The van der Waals surface area contributed by atoms with Gasteiger partial charge in [-0.1, -0.05) is 12.1 Å². The number of nitrogens with one attached hydrogen (secondary N) is 1. The molecule has 5 nitrogen and oxygen atoms in total. The van der Waals surface area contributed by atoms with E-state index < -0.39 is 92.4 Å². The van der Waals surface area contributed by atoms with Crippen LogP contribution in [0.3, 0.4) is 0 Å². The summed E-state index contributed by atoms with van der Waals surface area (Å²) < 4.78 is 177. The van der Waals surface area contributed by atoms with E-state index in [2.05, 4.69) is 15.9 Å². The summed E-state index contributed by atoms with van der Waals surface area (Å²) in [4.78, 5) is 26.4. The van der Waals surface area contributed by atoms with Gasteiger partial charge in [0, 0.05) is 22.6 Å². The van der Waals surface area contributed by atoms with Crippen LogP contribution < -0.4 is 10.2 Å². The molecule has 0 saturated heterocycles. The van der Waals surface area contributed by atoms with Crippen molar-refractivity contribution in [3.8, 4) is 6.07 Å². The monoisotopic (exact) mass is 737 g/mol. The minimum Gasteiger partial charge on any atom is -0.320 e. The van der Waals surface area contributed by atoms with Gasteiger partial charge in [0.1, 0.15) is 0 Å². The van der Waals surface area contributed by atoms with Gasteiger partial charge in [-0.2, -0.15) is 53.6 Å². The molecule has 19 heteroatoms. The molecule has 1 unspecified atom stereocenters. The van der Waals surface area contributed by atoms with Gasteiger partial charge >= 0.3 is 30.1 Å². The number of hydrogen-bond acceptors (Lipinski definition) is 3. The summed E-state index contributed by atoms with van der Waals surface area (Å²) in [6.07, 6.45) is -20.3. The summed E-state index contributed by atoms with van der Waals surface area (Å²) in [6, 6.07) is 7.98. The zero-order valence-corrected chi connectivity index (χ0v) is 23.8. The van der Waals surface area contributed by atoms with Crippen molar-refractivity contribution in [2.24, 2.45) is 0 Å². The quantitative estimate of drug-likeness (QED) is 0.257. The molecule has 2 amide bonds. The second-order valence-corrected chi connectivity index (χ2v) is 10.1. The van der Waals surface area contributed by atoms with E-state index in [0.29, 0.717) is 11.0 Å². The van der Waals surface area contributed by atoms with Gasteiger partial charge in [-0.05, 0) is 58.4 Å². The average Bonchev–Trinajstić information content (AvgIpc) is 2.95. The van der Waals surface area contributed by atoms with Crippen LogP contribution in [0.1, 0.15) is 37.4 Å². The first-order chi connectivity index (χ1) is 20.9. The summed E-state index contributed by atoms with van der Waals surface area (Å²) in [5.74, 6) is -11.5. The number of halogens is 14. The minimum absolute atomic E-state index is 0.0484. The number of nitriles is 1. The van der Waals surface area contributed by atoms with Gasteiger partial charge in [-0.15, -0.1) is 0 Å². The Labute approximate surface area is 257 Å². The number of amides is 2. The van der Waals surface area contributed by atoms with Crippen LogP contribution >= 0.6 is 15.9 Å². The van der Waals surface area contributed by atoms with Gasteiger partial charge in [-0.25, -0.2) is 8.78 Å². The molecule has 0 radical (unpaired) electrons. The Morgan fingerprint density at radius 3 is 1.96 bits per heavy atom. The third-order valence-electron chi connectivity index (χ3n) is 6.34. The molecule has 0 fully saturated rings. The predicted octanol–water partition coefficient (Wildman–Crippen LogP) is 8.93. The van der Waals surface area contributed by atoms with E-state index >= 15 is 4.39 Å². The first-order valence-electron chi connectivity index (χ1n) is 11.9. The van der Waals surface area contributed by atoms with Gasteiger partial charge in [0.25, 0.3) is 11.8 Å². The molecular weight excluding hydrogens is 725 g/mol. The first-order valence-corrected chi connectivity index (χ1v) is 12.7. The van der Waals surface area contributed by atoms with Gasteiger partial charge in [0.2, 0.25) is 0 Å². The third kappa shape index (κ3) is 6.34. The summed E-state index contributed by atoms with van der Waals surface area (Å²) in [5, 5.41) is 10.5. The maximum absolute atomic E-state index is 15.4. The number of carbonyl (C=O) groups excluding carboxylic acids is 2. The SMILES string of the molecule is CN(C(=O)c1cccc(C#N)c1)c1cccc(C(=O)Nc2c(Br)cc(C(F)(C(F)(F)F)C(F)(F)C(F)(F)F)cc2C(F)(F)F)c1F. The molecule has 3 aromatic carbocycles. The number of benzene rings is 3. The fraction of sp³-hybridized carbons (Fsp3) is 0.222. The molecule has 246 valence electrons. The maximum Gasteiger partial charge on any atom is 0.457 e. The van der Waals surface area contributed by atoms with Gasteiger partial charge in [0.05, 0.1) is 34.1 Å². The van der Waals surface area contributed by atoms with Crippen LogP contribution in [0.5, 0.6) is 0 Å². The van der Waals surface area contributed by atoms with E-state index in [-0.39, 0.29) is 11.1 Å². The van der Waals surface area contributed by atoms with Crippen LogP contribution in [0, 0.1) is 17.1 Å². The fourth-order valence-electron chi connectivity index (χ4n) is 4.03. The Morgan fingerprint density at radius 2 is 1.43 bits per heavy atom. The molecule has 0 aliphatic carbocycles. The Kier molecular flexibility index (Phi) is 9.52. The van der Waals surface area contributed by atoms with Crippen LogP contribution in [-0.2, 0) is 11.8 Å². The minimum atomic E-state index is -7.30. The second kappa shape index (κ2) is 12.1. The fourth-order valence-corrected chi connectivity index (χ4v) is 4.59. The lowest BCUT2D eigenvalue weighted by molar-refractivity contribution is -0.389. The molecule has 0 heterocycles. The predicted molar refractivity (Wildman–Crippen MR) is 137 cm³/mol. The lowest BCUT2D eigenvalue weighted by Gasteiger charge is -2.36. The van der Waals surface area contributed by atoms with Crippen molar-refractivity contribution in [1.29, 1.82) is 5.26 Å². The highest BCUT2D eigenvalue weighted by Gasteiger charge is 2.82. The Bertz CT molecular complexity index is 1730. The van der Waals surface area contributed by atoms with Gasteiger partial charge in [0.15, 0.2) is 5.82 Å². The van der Waals surface area contributed by atoms with Crippen LogP contribution in [0.25, 0.3) is 0 Å². The van der Waals surface area contributed by atoms with Crippen molar-refractivity contribution in [2.45, 2.75) is 30.1 Å². The largest absolute Gasteiger partial charge is 0.457 e. The number of carbonyl (C=O) groups is 2. The van der Waals surface area contributed by atoms with Crippen molar-refractivity contribution in [3.05, 3.63) is 92.7 Å². The van der Waals surface area contributed by atoms with Crippen molar-refractivity contribution < 1.29 is 66.7 Å². The summed E-state index contributed by atoms with van der Waals surface area (Å²) in [7, 11) is 1.03. The van der Waals surface area contributed by atoms with Gasteiger partial charge in [-0.3, -0.25) is 9.59 Å². The Hall–Kier alpha value is -4.34. The standard InChI is InChI=1S/C27H13BrF13N3O2/c1-44(22(46)13-5-2-4-12(8-13)11-42)18-7-3-6-15(19(18)29)21(45)43-20-16(24(31,32)33)9-14(10-17(20)28)23(30,26(36,37)38)25(34,35)27(39,40)41/h2-10H,1H3,(H,43,45). The number of hydrogen-bond donors (Lipinski definition) is 1. The molecule has 3 aromatic rings. The number of anilines is 2. The van der Waals surface area contributed by atoms with E-state index in [0.717, 1.165) is 25.2 Å². The molecule has 0 saturated carbocycles. The first kappa shape index (κ1) is 36.1. The third-order valence-corrected chi connectivity index (χ3v) is 6.96. The zero-order chi connectivity index (χ0) is 35.2. The van der Waals surface area contributed by atoms with E-state index in [1.807, 2.05) is 0 Å². The molecule has 0 spiro atoms. The lowest BCUT2D eigenvalue weighted by Crippen LogP contribution is -2.59. The summed E-state index contributed by atoms with van der Waals surface area (Å²) in [6.45, 7) is 0. The normalized spacial score (nSPS) is 13.9. The lowest BCUT2D eigenvalue weighted by atomic mass is 9.86. The molecule has 0 bridgehead atoms.